The second-order valence-corrected chi connectivity index (χ2v) is 6.72. The van der Waals surface area contributed by atoms with E-state index < -0.39 is 0 Å². The molecular formula is C17H19ClN2S. The van der Waals surface area contributed by atoms with E-state index in [9.17, 15) is 0 Å². The molecule has 0 saturated carbocycles. The quantitative estimate of drug-likeness (QED) is 0.851. The van der Waals surface area contributed by atoms with Gasteiger partial charge in [-0.2, -0.15) is 0 Å². The van der Waals surface area contributed by atoms with Gasteiger partial charge in [-0.25, -0.2) is 4.98 Å². The Morgan fingerprint density at radius 3 is 2.76 bits per heavy atom. The van der Waals surface area contributed by atoms with Crippen LogP contribution in [0.4, 0.5) is 0 Å². The maximum absolute atomic E-state index is 6.22. The third kappa shape index (κ3) is 3.42. The average molecular weight is 319 g/mol. The van der Waals surface area contributed by atoms with Gasteiger partial charge >= 0.3 is 0 Å². The van der Waals surface area contributed by atoms with Crippen molar-refractivity contribution < 1.29 is 0 Å². The van der Waals surface area contributed by atoms with Crippen LogP contribution in [0, 0.1) is 0 Å². The first kappa shape index (κ1) is 14.9. The van der Waals surface area contributed by atoms with Crippen LogP contribution >= 0.6 is 23.4 Å². The summed E-state index contributed by atoms with van der Waals surface area (Å²) in [5.41, 5.74) is 10.9. The predicted molar refractivity (Wildman–Crippen MR) is 89.8 cm³/mol. The standard InChI is InChI=1S/C17H19ClN2S/c18-15-7-3-1-6-13(15)11-21-17-14(10-19)9-12-5-2-4-8-16(12)20-17/h1,3,6-7,9H,2,4-5,8,10-11,19H2. The van der Waals surface area contributed by atoms with E-state index in [-0.39, 0.29) is 0 Å². The Labute approximate surface area is 135 Å². The molecule has 0 fully saturated rings. The third-order valence-corrected chi connectivity index (χ3v) is 5.33. The lowest BCUT2D eigenvalue weighted by molar-refractivity contribution is 0.656. The van der Waals surface area contributed by atoms with Crippen molar-refractivity contribution in [1.29, 1.82) is 0 Å². The zero-order valence-electron chi connectivity index (χ0n) is 11.9. The van der Waals surface area contributed by atoms with Gasteiger partial charge in [0.1, 0.15) is 5.03 Å². The molecule has 1 heterocycles. The number of thioether (sulfide) groups is 1. The number of aryl methyl sites for hydroxylation is 2. The molecule has 0 radical (unpaired) electrons. The Morgan fingerprint density at radius 2 is 1.95 bits per heavy atom. The fourth-order valence-corrected chi connectivity index (χ4v) is 4.02. The van der Waals surface area contributed by atoms with Gasteiger partial charge in [0.05, 0.1) is 0 Å². The highest BCUT2D eigenvalue weighted by atomic mass is 35.5. The largest absolute Gasteiger partial charge is 0.326 e. The summed E-state index contributed by atoms with van der Waals surface area (Å²) >= 11 is 7.96. The van der Waals surface area contributed by atoms with Crippen LogP contribution in [0.1, 0.15) is 35.2 Å². The summed E-state index contributed by atoms with van der Waals surface area (Å²) < 4.78 is 0. The molecule has 21 heavy (non-hydrogen) atoms. The lowest BCUT2D eigenvalue weighted by Crippen LogP contribution is -2.10. The van der Waals surface area contributed by atoms with Gasteiger partial charge in [-0.05, 0) is 48.4 Å². The summed E-state index contributed by atoms with van der Waals surface area (Å²) in [5, 5.41) is 1.88. The van der Waals surface area contributed by atoms with Crippen LogP contribution in [0.5, 0.6) is 0 Å². The Morgan fingerprint density at radius 1 is 1.14 bits per heavy atom. The van der Waals surface area contributed by atoms with E-state index in [1.54, 1.807) is 11.8 Å². The highest BCUT2D eigenvalue weighted by Crippen LogP contribution is 2.30. The molecule has 1 aromatic carbocycles. The molecule has 1 aliphatic carbocycles. The summed E-state index contributed by atoms with van der Waals surface area (Å²) in [6, 6.07) is 10.2. The Hall–Kier alpha value is -1.03. The smallest absolute Gasteiger partial charge is 0.101 e. The minimum atomic E-state index is 0.547. The zero-order chi connectivity index (χ0) is 14.7. The van der Waals surface area contributed by atoms with Gasteiger partial charge in [0.15, 0.2) is 0 Å². The van der Waals surface area contributed by atoms with E-state index in [1.165, 1.54) is 24.1 Å². The molecule has 0 amide bonds. The lowest BCUT2D eigenvalue weighted by atomic mass is 9.95. The minimum absolute atomic E-state index is 0.547. The minimum Gasteiger partial charge on any atom is -0.326 e. The predicted octanol–water partition coefficient (Wildman–Crippen LogP) is 4.36. The molecule has 4 heteroatoms. The molecular weight excluding hydrogens is 300 g/mol. The fourth-order valence-electron chi connectivity index (χ4n) is 2.70. The number of fused-ring (bicyclic) bond motifs is 1. The second kappa shape index (κ2) is 6.82. The molecule has 110 valence electrons. The fraction of sp³-hybridized carbons (Fsp3) is 0.353. The number of hydrogen-bond acceptors (Lipinski definition) is 3. The van der Waals surface area contributed by atoms with Gasteiger partial charge in [-0.3, -0.25) is 0 Å². The Bertz CT molecular complexity index is 643. The number of pyridine rings is 1. The number of rotatable bonds is 4. The van der Waals surface area contributed by atoms with Gasteiger partial charge in [0.25, 0.3) is 0 Å². The highest BCUT2D eigenvalue weighted by Gasteiger charge is 2.15. The first-order valence-electron chi connectivity index (χ1n) is 7.36. The van der Waals surface area contributed by atoms with Crippen LogP contribution in [0.15, 0.2) is 35.4 Å². The molecule has 2 aromatic rings. The summed E-state index contributed by atoms with van der Waals surface area (Å²) in [7, 11) is 0. The molecule has 3 rings (SSSR count). The normalized spacial score (nSPS) is 14.0. The topological polar surface area (TPSA) is 38.9 Å². The molecule has 1 aliphatic rings. The van der Waals surface area contributed by atoms with E-state index in [1.807, 2.05) is 18.2 Å². The van der Waals surface area contributed by atoms with Crippen molar-refractivity contribution in [3.05, 3.63) is 57.7 Å². The van der Waals surface area contributed by atoms with Crippen LogP contribution in [-0.2, 0) is 25.1 Å². The second-order valence-electron chi connectivity index (χ2n) is 5.35. The van der Waals surface area contributed by atoms with Gasteiger partial charge in [0.2, 0.25) is 0 Å². The maximum atomic E-state index is 6.22. The van der Waals surface area contributed by atoms with E-state index in [4.69, 9.17) is 22.3 Å². The molecule has 0 aliphatic heterocycles. The van der Waals surface area contributed by atoms with Crippen molar-refractivity contribution in [1.82, 2.24) is 4.98 Å². The Balaban J connectivity index is 1.83. The van der Waals surface area contributed by atoms with Gasteiger partial charge in [-0.15, -0.1) is 11.8 Å². The van der Waals surface area contributed by atoms with Crippen LogP contribution in [0.25, 0.3) is 0 Å². The first-order valence-corrected chi connectivity index (χ1v) is 8.72. The van der Waals surface area contributed by atoms with Crippen LogP contribution in [-0.4, -0.2) is 4.98 Å². The Kier molecular flexibility index (Phi) is 4.84. The summed E-state index contributed by atoms with van der Waals surface area (Å²) in [6.07, 6.45) is 4.76. The molecule has 2 N–H and O–H groups in total. The van der Waals surface area contributed by atoms with E-state index in [0.29, 0.717) is 6.54 Å². The summed E-state index contributed by atoms with van der Waals surface area (Å²) in [6.45, 7) is 0.547. The molecule has 0 bridgehead atoms. The lowest BCUT2D eigenvalue weighted by Gasteiger charge is -2.18. The molecule has 0 saturated heterocycles. The zero-order valence-corrected chi connectivity index (χ0v) is 13.5. The summed E-state index contributed by atoms with van der Waals surface area (Å²) in [4.78, 5) is 4.87. The van der Waals surface area contributed by atoms with Crippen molar-refractivity contribution in [2.24, 2.45) is 5.73 Å². The van der Waals surface area contributed by atoms with Gasteiger partial charge < -0.3 is 5.73 Å². The highest BCUT2D eigenvalue weighted by molar-refractivity contribution is 7.98. The van der Waals surface area contributed by atoms with Crippen LogP contribution in [0.3, 0.4) is 0 Å². The number of nitrogens with two attached hydrogens (primary N) is 1. The number of halogens is 1. The number of hydrogen-bond donors (Lipinski definition) is 1. The summed E-state index contributed by atoms with van der Waals surface area (Å²) in [5.74, 6) is 0.832. The maximum Gasteiger partial charge on any atom is 0.101 e. The molecule has 0 atom stereocenters. The van der Waals surface area contributed by atoms with E-state index in [2.05, 4.69) is 12.1 Å². The van der Waals surface area contributed by atoms with Crippen molar-refractivity contribution in [2.45, 2.75) is 43.0 Å². The number of nitrogens with zero attached hydrogens (tertiary/aromatic N) is 1. The molecule has 0 spiro atoms. The first-order chi connectivity index (χ1) is 10.3. The average Bonchev–Trinajstić information content (AvgIpc) is 2.53. The van der Waals surface area contributed by atoms with Gasteiger partial charge in [-0.1, -0.05) is 35.9 Å². The van der Waals surface area contributed by atoms with Crippen molar-refractivity contribution in [3.63, 3.8) is 0 Å². The van der Waals surface area contributed by atoms with E-state index in [0.717, 1.165) is 39.8 Å². The SMILES string of the molecule is NCc1cc2c(nc1SCc1ccccc1Cl)CCCC2. The van der Waals surface area contributed by atoms with Crippen molar-refractivity contribution >= 4 is 23.4 Å². The number of benzene rings is 1. The third-order valence-electron chi connectivity index (χ3n) is 3.88. The molecule has 2 nitrogen and oxygen atoms in total. The van der Waals surface area contributed by atoms with Gasteiger partial charge in [0, 0.05) is 23.0 Å². The monoisotopic (exact) mass is 318 g/mol. The van der Waals surface area contributed by atoms with Crippen LogP contribution in [0.2, 0.25) is 5.02 Å². The number of aromatic nitrogens is 1. The van der Waals surface area contributed by atoms with E-state index >= 15 is 0 Å². The molecule has 0 unspecified atom stereocenters. The molecule has 1 aromatic heterocycles. The van der Waals surface area contributed by atoms with Crippen LogP contribution < -0.4 is 5.73 Å². The van der Waals surface area contributed by atoms with Crippen molar-refractivity contribution in [2.75, 3.05) is 0 Å². The van der Waals surface area contributed by atoms with Crippen molar-refractivity contribution in [3.8, 4) is 0 Å².